The monoisotopic (exact) mass is 235 g/mol. The molecule has 3 heteroatoms. The van der Waals surface area contributed by atoms with Gasteiger partial charge in [0.15, 0.2) is 0 Å². The maximum Gasteiger partial charge on any atom is 0.224 e. The van der Waals surface area contributed by atoms with Crippen molar-refractivity contribution in [2.75, 3.05) is 0 Å². The highest BCUT2D eigenvalue weighted by atomic mass is 16.3. The molecule has 17 heavy (non-hydrogen) atoms. The highest BCUT2D eigenvalue weighted by Crippen LogP contribution is 2.05. The molecule has 0 heterocycles. The summed E-state index contributed by atoms with van der Waals surface area (Å²) < 4.78 is 0. The van der Waals surface area contributed by atoms with Gasteiger partial charge in [-0.2, -0.15) is 0 Å². The number of nitrogens with one attached hydrogen (secondary N) is 1. The summed E-state index contributed by atoms with van der Waals surface area (Å²) in [5, 5.41) is 12.1. The lowest BCUT2D eigenvalue weighted by molar-refractivity contribution is -0.121. The van der Waals surface area contributed by atoms with Crippen molar-refractivity contribution in [2.24, 2.45) is 0 Å². The van der Waals surface area contributed by atoms with Gasteiger partial charge < -0.3 is 10.4 Å². The molecule has 1 rings (SSSR count). The smallest absolute Gasteiger partial charge is 0.224 e. The zero-order valence-corrected chi connectivity index (χ0v) is 10.7. The van der Waals surface area contributed by atoms with Gasteiger partial charge in [0.2, 0.25) is 5.91 Å². The van der Waals surface area contributed by atoms with Crippen LogP contribution in [0.5, 0.6) is 0 Å². The SMILES string of the molecule is Cc1cccc(CC(=O)NC(C)CC(C)O)c1. The van der Waals surface area contributed by atoms with Crippen molar-refractivity contribution in [1.29, 1.82) is 0 Å². The molecule has 0 fully saturated rings. The molecular weight excluding hydrogens is 214 g/mol. The van der Waals surface area contributed by atoms with Crippen molar-refractivity contribution in [2.45, 2.75) is 45.8 Å². The maximum atomic E-state index is 11.7. The third kappa shape index (κ3) is 5.50. The topological polar surface area (TPSA) is 49.3 Å². The van der Waals surface area contributed by atoms with E-state index in [-0.39, 0.29) is 18.1 Å². The molecule has 2 unspecified atom stereocenters. The minimum absolute atomic E-state index is 0.00347. The number of aliphatic hydroxyl groups is 1. The Morgan fingerprint density at radius 2 is 2.12 bits per heavy atom. The van der Waals surface area contributed by atoms with Crippen molar-refractivity contribution < 1.29 is 9.90 Å². The van der Waals surface area contributed by atoms with Gasteiger partial charge in [0.1, 0.15) is 0 Å². The average molecular weight is 235 g/mol. The fraction of sp³-hybridized carbons (Fsp3) is 0.500. The second kappa shape index (κ2) is 6.40. The van der Waals surface area contributed by atoms with Gasteiger partial charge >= 0.3 is 0 Å². The molecule has 1 aromatic carbocycles. The van der Waals surface area contributed by atoms with Gasteiger partial charge in [-0.25, -0.2) is 0 Å². The molecule has 0 aliphatic carbocycles. The Labute approximate surface area is 103 Å². The first-order valence-corrected chi connectivity index (χ1v) is 6.00. The number of benzene rings is 1. The summed E-state index contributed by atoms with van der Waals surface area (Å²) in [6.07, 6.45) is 0.593. The van der Waals surface area contributed by atoms with Crippen molar-refractivity contribution in [1.82, 2.24) is 5.32 Å². The van der Waals surface area contributed by atoms with Crippen LogP contribution in [-0.2, 0) is 11.2 Å². The summed E-state index contributed by atoms with van der Waals surface area (Å²) in [5.74, 6) is 0.00347. The second-order valence-corrected chi connectivity index (χ2v) is 4.72. The van der Waals surface area contributed by atoms with E-state index in [2.05, 4.69) is 5.32 Å². The van der Waals surface area contributed by atoms with Crippen molar-refractivity contribution in [3.63, 3.8) is 0 Å². The Kier molecular flexibility index (Phi) is 5.16. The van der Waals surface area contributed by atoms with Crippen LogP contribution in [0.3, 0.4) is 0 Å². The highest BCUT2D eigenvalue weighted by Gasteiger charge is 2.10. The van der Waals surface area contributed by atoms with E-state index in [1.807, 2.05) is 38.1 Å². The lowest BCUT2D eigenvalue weighted by Crippen LogP contribution is -2.35. The van der Waals surface area contributed by atoms with E-state index in [4.69, 9.17) is 0 Å². The molecule has 1 amide bonds. The summed E-state index contributed by atoms with van der Waals surface area (Å²) in [7, 11) is 0. The van der Waals surface area contributed by atoms with Gasteiger partial charge in [-0.1, -0.05) is 29.8 Å². The first-order chi connectivity index (χ1) is 7.97. The van der Waals surface area contributed by atoms with Crippen LogP contribution in [0, 0.1) is 6.92 Å². The van der Waals surface area contributed by atoms with Crippen LogP contribution in [-0.4, -0.2) is 23.2 Å². The number of carbonyl (C=O) groups is 1. The maximum absolute atomic E-state index is 11.7. The number of rotatable bonds is 5. The highest BCUT2D eigenvalue weighted by molar-refractivity contribution is 5.78. The van der Waals surface area contributed by atoms with Crippen LogP contribution < -0.4 is 5.32 Å². The Hall–Kier alpha value is -1.35. The average Bonchev–Trinajstić information content (AvgIpc) is 2.14. The molecule has 2 N–H and O–H groups in total. The third-order valence-corrected chi connectivity index (χ3v) is 2.55. The number of hydrogen-bond donors (Lipinski definition) is 2. The van der Waals surface area contributed by atoms with E-state index in [9.17, 15) is 9.90 Å². The fourth-order valence-corrected chi connectivity index (χ4v) is 1.90. The molecule has 2 atom stereocenters. The predicted molar refractivity (Wildman–Crippen MR) is 68.8 cm³/mol. The lowest BCUT2D eigenvalue weighted by atomic mass is 10.1. The molecule has 0 saturated heterocycles. The Morgan fingerprint density at radius 3 is 2.71 bits per heavy atom. The number of hydrogen-bond acceptors (Lipinski definition) is 2. The van der Waals surface area contributed by atoms with Gasteiger partial charge in [-0.05, 0) is 32.8 Å². The molecular formula is C14H21NO2. The summed E-state index contributed by atoms with van der Waals surface area (Å²) in [5.41, 5.74) is 2.18. The molecule has 3 nitrogen and oxygen atoms in total. The minimum Gasteiger partial charge on any atom is -0.393 e. The summed E-state index contributed by atoms with van der Waals surface area (Å²) in [4.78, 5) is 11.7. The van der Waals surface area contributed by atoms with E-state index in [0.717, 1.165) is 11.1 Å². The van der Waals surface area contributed by atoms with Gasteiger partial charge in [-0.15, -0.1) is 0 Å². The zero-order chi connectivity index (χ0) is 12.8. The van der Waals surface area contributed by atoms with E-state index >= 15 is 0 Å². The Bertz CT molecular complexity index is 374. The minimum atomic E-state index is -0.385. The van der Waals surface area contributed by atoms with Crippen LogP contribution in [0.15, 0.2) is 24.3 Å². The van der Waals surface area contributed by atoms with E-state index in [1.54, 1.807) is 6.92 Å². The lowest BCUT2D eigenvalue weighted by Gasteiger charge is -2.15. The van der Waals surface area contributed by atoms with Crippen molar-refractivity contribution >= 4 is 5.91 Å². The van der Waals surface area contributed by atoms with Crippen LogP contribution in [0.4, 0.5) is 0 Å². The van der Waals surface area contributed by atoms with Gasteiger partial charge in [0.25, 0.3) is 0 Å². The van der Waals surface area contributed by atoms with Crippen molar-refractivity contribution in [3.8, 4) is 0 Å². The predicted octanol–water partition coefficient (Wildman–Crippen LogP) is 1.81. The standard InChI is InChI=1S/C14H21NO2/c1-10-5-4-6-13(7-10)9-14(17)15-11(2)8-12(3)16/h4-7,11-12,16H,8-9H2,1-3H3,(H,15,17). The van der Waals surface area contributed by atoms with E-state index < -0.39 is 0 Å². The summed E-state index contributed by atoms with van der Waals surface area (Å²) in [6.45, 7) is 5.64. The van der Waals surface area contributed by atoms with Gasteiger partial charge in [0, 0.05) is 6.04 Å². The molecule has 1 aromatic rings. The number of carbonyl (C=O) groups excluding carboxylic acids is 1. The molecule has 0 aliphatic heterocycles. The first-order valence-electron chi connectivity index (χ1n) is 6.00. The number of aryl methyl sites for hydroxylation is 1. The normalized spacial score (nSPS) is 14.1. The van der Waals surface area contributed by atoms with Gasteiger partial charge in [-0.3, -0.25) is 4.79 Å². The number of amides is 1. The molecule has 0 saturated carbocycles. The molecule has 94 valence electrons. The fourth-order valence-electron chi connectivity index (χ4n) is 1.90. The third-order valence-electron chi connectivity index (χ3n) is 2.55. The second-order valence-electron chi connectivity index (χ2n) is 4.72. The molecule has 0 aliphatic rings. The van der Waals surface area contributed by atoms with Crippen molar-refractivity contribution in [3.05, 3.63) is 35.4 Å². The molecule has 0 spiro atoms. The number of aliphatic hydroxyl groups excluding tert-OH is 1. The molecule has 0 bridgehead atoms. The quantitative estimate of drug-likeness (QED) is 0.817. The van der Waals surface area contributed by atoms with Crippen LogP contribution in [0.25, 0.3) is 0 Å². The Morgan fingerprint density at radius 1 is 1.41 bits per heavy atom. The first kappa shape index (κ1) is 13.7. The zero-order valence-electron chi connectivity index (χ0n) is 10.7. The summed E-state index contributed by atoms with van der Waals surface area (Å²) in [6, 6.07) is 7.94. The van der Waals surface area contributed by atoms with Gasteiger partial charge in [0.05, 0.1) is 12.5 Å². The largest absolute Gasteiger partial charge is 0.393 e. The van der Waals surface area contributed by atoms with Crippen LogP contribution >= 0.6 is 0 Å². The van der Waals surface area contributed by atoms with E-state index in [0.29, 0.717) is 12.8 Å². The van der Waals surface area contributed by atoms with Crippen LogP contribution in [0.1, 0.15) is 31.4 Å². The summed E-state index contributed by atoms with van der Waals surface area (Å²) >= 11 is 0. The molecule has 0 radical (unpaired) electrons. The van der Waals surface area contributed by atoms with E-state index in [1.165, 1.54) is 0 Å². The Balaban J connectivity index is 2.44. The van der Waals surface area contributed by atoms with Crippen LogP contribution in [0.2, 0.25) is 0 Å². The molecule has 0 aromatic heterocycles.